The number of nitrogens with zero attached hydrogens (tertiary/aromatic N) is 4. The van der Waals surface area contributed by atoms with E-state index in [2.05, 4.69) is 20.8 Å². The Kier molecular flexibility index (Phi) is 5.95. The van der Waals surface area contributed by atoms with Crippen molar-refractivity contribution in [3.63, 3.8) is 0 Å². The minimum absolute atomic E-state index is 0.0386. The summed E-state index contributed by atoms with van der Waals surface area (Å²) >= 11 is 1.32. The molecule has 2 aromatic carbocycles. The number of ether oxygens (including phenoxy) is 2. The Morgan fingerprint density at radius 2 is 2.10 bits per heavy atom. The largest absolute Gasteiger partial charge is 0.497 e. The van der Waals surface area contributed by atoms with Gasteiger partial charge in [0.2, 0.25) is 11.1 Å². The maximum atomic E-state index is 12.5. The molecule has 0 bridgehead atoms. The molecule has 1 aliphatic rings. The first-order valence-electron chi connectivity index (χ1n) is 9.26. The van der Waals surface area contributed by atoms with Crippen molar-refractivity contribution in [2.24, 2.45) is 0 Å². The standard InChI is InChI=1S/C20H21N5O3S/c1-27-15-8-6-14(7-9-15)12-25-20(22-23-24-25)29-13-19(26)21-17-10-11-28-18-5-3-2-4-16(17)18/h2-9,17H,10-13H2,1H3,(H,21,26). The minimum atomic E-state index is -0.0595. The van der Waals surface area contributed by atoms with Crippen LogP contribution in [0.5, 0.6) is 11.5 Å². The average Bonchev–Trinajstić information content (AvgIpc) is 3.20. The summed E-state index contributed by atoms with van der Waals surface area (Å²) in [4.78, 5) is 12.5. The van der Waals surface area contributed by atoms with Crippen molar-refractivity contribution in [3.8, 4) is 11.5 Å². The van der Waals surface area contributed by atoms with Gasteiger partial charge in [0.05, 0.1) is 32.1 Å². The van der Waals surface area contributed by atoms with Crippen molar-refractivity contribution in [1.82, 2.24) is 25.5 Å². The number of carbonyl (C=O) groups is 1. The van der Waals surface area contributed by atoms with E-state index >= 15 is 0 Å². The summed E-state index contributed by atoms with van der Waals surface area (Å²) in [6, 6.07) is 15.5. The zero-order chi connectivity index (χ0) is 20.1. The zero-order valence-corrected chi connectivity index (χ0v) is 16.8. The third-order valence-electron chi connectivity index (χ3n) is 4.62. The molecule has 9 heteroatoms. The summed E-state index contributed by atoms with van der Waals surface area (Å²) in [6.45, 7) is 1.11. The van der Waals surface area contributed by atoms with Crippen LogP contribution in [0.3, 0.4) is 0 Å². The molecule has 1 unspecified atom stereocenters. The Labute approximate surface area is 172 Å². The monoisotopic (exact) mass is 411 g/mol. The normalized spacial score (nSPS) is 15.3. The van der Waals surface area contributed by atoms with Crippen molar-refractivity contribution in [3.05, 3.63) is 59.7 Å². The second-order valence-electron chi connectivity index (χ2n) is 6.55. The lowest BCUT2D eigenvalue weighted by Crippen LogP contribution is -2.33. The van der Waals surface area contributed by atoms with Crippen LogP contribution in [0.25, 0.3) is 0 Å². The highest BCUT2D eigenvalue weighted by Crippen LogP contribution is 2.31. The first-order valence-corrected chi connectivity index (χ1v) is 10.2. The number of fused-ring (bicyclic) bond motifs is 1. The van der Waals surface area contributed by atoms with Gasteiger partial charge in [-0.25, -0.2) is 4.68 Å². The third kappa shape index (κ3) is 4.68. The van der Waals surface area contributed by atoms with Gasteiger partial charge in [-0.05, 0) is 34.2 Å². The molecule has 150 valence electrons. The summed E-state index contributed by atoms with van der Waals surface area (Å²) in [7, 11) is 1.63. The number of methoxy groups -OCH3 is 1. The van der Waals surface area contributed by atoms with Crippen LogP contribution >= 0.6 is 11.8 Å². The van der Waals surface area contributed by atoms with E-state index in [-0.39, 0.29) is 17.7 Å². The fourth-order valence-electron chi connectivity index (χ4n) is 3.16. The molecule has 4 rings (SSSR count). The van der Waals surface area contributed by atoms with Gasteiger partial charge in [0, 0.05) is 12.0 Å². The first-order chi connectivity index (χ1) is 14.2. The number of benzene rings is 2. The maximum Gasteiger partial charge on any atom is 0.230 e. The molecule has 0 aliphatic carbocycles. The van der Waals surface area contributed by atoms with Crippen molar-refractivity contribution < 1.29 is 14.3 Å². The molecule has 1 aromatic heterocycles. The van der Waals surface area contributed by atoms with E-state index in [1.807, 2.05) is 48.5 Å². The molecule has 29 heavy (non-hydrogen) atoms. The maximum absolute atomic E-state index is 12.5. The van der Waals surface area contributed by atoms with Crippen LogP contribution in [0, 0.1) is 0 Å². The summed E-state index contributed by atoms with van der Waals surface area (Å²) < 4.78 is 12.5. The number of carbonyl (C=O) groups excluding carboxylic acids is 1. The van der Waals surface area contributed by atoms with Gasteiger partial charge in [-0.3, -0.25) is 4.79 Å². The van der Waals surface area contributed by atoms with Gasteiger partial charge in [-0.15, -0.1) is 5.10 Å². The van der Waals surface area contributed by atoms with E-state index in [0.29, 0.717) is 18.3 Å². The smallest absolute Gasteiger partial charge is 0.230 e. The highest BCUT2D eigenvalue weighted by atomic mass is 32.2. The van der Waals surface area contributed by atoms with E-state index < -0.39 is 0 Å². The van der Waals surface area contributed by atoms with Crippen molar-refractivity contribution >= 4 is 17.7 Å². The van der Waals surface area contributed by atoms with Gasteiger partial charge in [0.25, 0.3) is 0 Å². The SMILES string of the molecule is COc1ccc(Cn2nnnc2SCC(=O)NC2CCOc3ccccc32)cc1. The van der Waals surface area contributed by atoms with Crippen LogP contribution < -0.4 is 14.8 Å². The molecule has 1 atom stereocenters. The number of aromatic nitrogens is 4. The van der Waals surface area contributed by atoms with Gasteiger partial charge in [0.15, 0.2) is 0 Å². The van der Waals surface area contributed by atoms with Gasteiger partial charge in [-0.2, -0.15) is 0 Å². The third-order valence-corrected chi connectivity index (χ3v) is 5.57. The molecule has 3 aromatic rings. The lowest BCUT2D eigenvalue weighted by Gasteiger charge is -2.26. The molecule has 1 amide bonds. The van der Waals surface area contributed by atoms with E-state index in [1.165, 1.54) is 11.8 Å². The molecule has 0 saturated heterocycles. The van der Waals surface area contributed by atoms with Crippen LogP contribution in [-0.4, -0.2) is 45.6 Å². The van der Waals surface area contributed by atoms with Crippen LogP contribution in [0.2, 0.25) is 0 Å². The van der Waals surface area contributed by atoms with Crippen molar-refractivity contribution in [2.45, 2.75) is 24.2 Å². The summed E-state index contributed by atoms with van der Waals surface area (Å²) in [5.74, 6) is 1.81. The molecular formula is C20H21N5O3S. The number of hydrogen-bond acceptors (Lipinski definition) is 7. The van der Waals surface area contributed by atoms with Gasteiger partial charge >= 0.3 is 0 Å². The molecule has 0 radical (unpaired) electrons. The van der Waals surface area contributed by atoms with E-state index in [9.17, 15) is 4.79 Å². The Bertz CT molecular complexity index is 976. The number of tetrazole rings is 1. The Balaban J connectivity index is 1.34. The molecule has 0 saturated carbocycles. The number of para-hydroxylation sites is 1. The van der Waals surface area contributed by atoms with Crippen LogP contribution in [-0.2, 0) is 11.3 Å². The van der Waals surface area contributed by atoms with Crippen molar-refractivity contribution in [1.29, 1.82) is 0 Å². The number of nitrogens with one attached hydrogen (secondary N) is 1. The lowest BCUT2D eigenvalue weighted by molar-refractivity contribution is -0.119. The first kappa shape index (κ1) is 19.3. The highest BCUT2D eigenvalue weighted by molar-refractivity contribution is 7.99. The quantitative estimate of drug-likeness (QED) is 0.597. The topological polar surface area (TPSA) is 91.2 Å². The lowest BCUT2D eigenvalue weighted by atomic mass is 10.0. The molecule has 8 nitrogen and oxygen atoms in total. The van der Waals surface area contributed by atoms with E-state index in [0.717, 1.165) is 29.0 Å². The molecule has 1 N–H and O–H groups in total. The van der Waals surface area contributed by atoms with Gasteiger partial charge in [-0.1, -0.05) is 42.1 Å². The number of thioether (sulfide) groups is 1. The number of amides is 1. The Morgan fingerprint density at radius 1 is 1.28 bits per heavy atom. The highest BCUT2D eigenvalue weighted by Gasteiger charge is 2.22. The van der Waals surface area contributed by atoms with Gasteiger partial charge < -0.3 is 14.8 Å². The molecule has 1 aliphatic heterocycles. The number of rotatable bonds is 7. The summed E-state index contributed by atoms with van der Waals surface area (Å²) in [6.07, 6.45) is 0.753. The average molecular weight is 411 g/mol. The van der Waals surface area contributed by atoms with Crippen LogP contribution in [0.1, 0.15) is 23.6 Å². The predicted molar refractivity (Wildman–Crippen MR) is 108 cm³/mol. The summed E-state index contributed by atoms with van der Waals surface area (Å²) in [5.41, 5.74) is 2.06. The van der Waals surface area contributed by atoms with Crippen LogP contribution in [0.15, 0.2) is 53.7 Å². The molecule has 0 fully saturated rings. The second-order valence-corrected chi connectivity index (χ2v) is 7.49. The fourth-order valence-corrected chi connectivity index (χ4v) is 3.85. The van der Waals surface area contributed by atoms with Crippen molar-refractivity contribution in [2.75, 3.05) is 19.5 Å². The molecule has 0 spiro atoms. The van der Waals surface area contributed by atoms with E-state index in [1.54, 1.807) is 11.8 Å². The number of hydrogen-bond donors (Lipinski definition) is 1. The van der Waals surface area contributed by atoms with Gasteiger partial charge in [0.1, 0.15) is 11.5 Å². The predicted octanol–water partition coefficient (Wildman–Crippen LogP) is 2.46. The Morgan fingerprint density at radius 3 is 2.93 bits per heavy atom. The second kappa shape index (κ2) is 8.95. The molecule has 2 heterocycles. The van der Waals surface area contributed by atoms with Crippen LogP contribution in [0.4, 0.5) is 0 Å². The molecular weight excluding hydrogens is 390 g/mol. The Hall–Kier alpha value is -3.07. The minimum Gasteiger partial charge on any atom is -0.497 e. The fraction of sp³-hybridized carbons (Fsp3) is 0.300. The zero-order valence-electron chi connectivity index (χ0n) is 15.9. The van der Waals surface area contributed by atoms with E-state index in [4.69, 9.17) is 9.47 Å². The summed E-state index contributed by atoms with van der Waals surface area (Å²) in [5, 5.41) is 15.5.